The number of methoxy groups -OCH3 is 1. The Labute approximate surface area is 150 Å². The molecule has 3 aromatic rings. The number of nitrogens with one attached hydrogen (secondary N) is 2. The SMILES string of the molecule is COc1ccccc1NC(=O)c1cnn(-c2ccccc2)c1NC(C)=O. The lowest BCUT2D eigenvalue weighted by atomic mass is 10.2. The number of para-hydroxylation sites is 3. The number of ether oxygens (including phenoxy) is 1. The summed E-state index contributed by atoms with van der Waals surface area (Å²) in [6, 6.07) is 16.3. The molecule has 26 heavy (non-hydrogen) atoms. The number of nitrogens with zero attached hydrogens (tertiary/aromatic N) is 2. The quantitative estimate of drug-likeness (QED) is 0.740. The lowest BCUT2D eigenvalue weighted by molar-refractivity contribution is -0.114. The van der Waals surface area contributed by atoms with Gasteiger partial charge in [-0.25, -0.2) is 4.68 Å². The predicted molar refractivity (Wildman–Crippen MR) is 98.8 cm³/mol. The Morgan fingerprint density at radius 2 is 1.69 bits per heavy atom. The molecule has 3 rings (SSSR count). The highest BCUT2D eigenvalue weighted by molar-refractivity contribution is 6.09. The fourth-order valence-electron chi connectivity index (χ4n) is 2.50. The van der Waals surface area contributed by atoms with Crippen LogP contribution in [0.4, 0.5) is 11.5 Å². The molecule has 1 heterocycles. The van der Waals surface area contributed by atoms with E-state index in [0.717, 1.165) is 5.69 Å². The van der Waals surface area contributed by atoms with Crippen LogP contribution < -0.4 is 15.4 Å². The highest BCUT2D eigenvalue weighted by Crippen LogP contribution is 2.26. The molecule has 132 valence electrons. The van der Waals surface area contributed by atoms with Gasteiger partial charge in [-0.3, -0.25) is 9.59 Å². The average molecular weight is 350 g/mol. The Hall–Kier alpha value is -3.61. The Morgan fingerprint density at radius 1 is 1.00 bits per heavy atom. The summed E-state index contributed by atoms with van der Waals surface area (Å²) in [4.78, 5) is 24.4. The van der Waals surface area contributed by atoms with Crippen molar-refractivity contribution in [2.24, 2.45) is 0 Å². The van der Waals surface area contributed by atoms with Crippen molar-refractivity contribution in [1.82, 2.24) is 9.78 Å². The van der Waals surface area contributed by atoms with E-state index >= 15 is 0 Å². The van der Waals surface area contributed by atoms with Crippen LogP contribution >= 0.6 is 0 Å². The topological polar surface area (TPSA) is 85.2 Å². The monoisotopic (exact) mass is 350 g/mol. The molecule has 0 bridgehead atoms. The van der Waals surface area contributed by atoms with Crippen LogP contribution in [0.5, 0.6) is 5.75 Å². The summed E-state index contributed by atoms with van der Waals surface area (Å²) in [6.07, 6.45) is 1.42. The molecule has 2 amide bonds. The van der Waals surface area contributed by atoms with Gasteiger partial charge in [0.2, 0.25) is 5.91 Å². The maximum Gasteiger partial charge on any atom is 0.261 e. The van der Waals surface area contributed by atoms with Crippen LogP contribution in [0.15, 0.2) is 60.8 Å². The molecular weight excluding hydrogens is 332 g/mol. The molecule has 2 N–H and O–H groups in total. The van der Waals surface area contributed by atoms with Crippen molar-refractivity contribution in [1.29, 1.82) is 0 Å². The summed E-state index contributed by atoms with van der Waals surface area (Å²) in [5.41, 5.74) is 1.50. The Morgan fingerprint density at radius 3 is 2.38 bits per heavy atom. The van der Waals surface area contributed by atoms with Crippen molar-refractivity contribution in [3.05, 3.63) is 66.4 Å². The molecule has 7 heteroatoms. The molecule has 0 saturated heterocycles. The van der Waals surface area contributed by atoms with Crippen LogP contribution in [0.2, 0.25) is 0 Å². The highest BCUT2D eigenvalue weighted by Gasteiger charge is 2.20. The molecule has 0 atom stereocenters. The molecule has 1 aromatic heterocycles. The van der Waals surface area contributed by atoms with Gasteiger partial charge in [-0.1, -0.05) is 30.3 Å². The first-order valence-electron chi connectivity index (χ1n) is 7.95. The third kappa shape index (κ3) is 3.56. The third-order valence-corrected chi connectivity index (χ3v) is 3.66. The lowest BCUT2D eigenvalue weighted by Crippen LogP contribution is -2.18. The second kappa shape index (κ2) is 7.52. The van der Waals surface area contributed by atoms with Gasteiger partial charge in [0.05, 0.1) is 24.7 Å². The number of amides is 2. The van der Waals surface area contributed by atoms with Crippen LogP contribution in [0.1, 0.15) is 17.3 Å². The second-order valence-corrected chi connectivity index (χ2v) is 5.49. The van der Waals surface area contributed by atoms with Crippen LogP contribution in [0.3, 0.4) is 0 Å². The number of hydrogen-bond acceptors (Lipinski definition) is 4. The van der Waals surface area contributed by atoms with Crippen molar-refractivity contribution in [3.8, 4) is 11.4 Å². The van der Waals surface area contributed by atoms with Gasteiger partial charge in [0.25, 0.3) is 5.91 Å². The van der Waals surface area contributed by atoms with E-state index in [1.165, 1.54) is 24.9 Å². The number of aromatic nitrogens is 2. The van der Waals surface area contributed by atoms with Crippen LogP contribution in [-0.4, -0.2) is 28.7 Å². The zero-order chi connectivity index (χ0) is 18.5. The third-order valence-electron chi connectivity index (χ3n) is 3.66. The van der Waals surface area contributed by atoms with E-state index in [-0.39, 0.29) is 11.5 Å². The first-order valence-corrected chi connectivity index (χ1v) is 7.95. The first-order chi connectivity index (χ1) is 12.6. The molecule has 0 aliphatic carbocycles. The van der Waals surface area contributed by atoms with Gasteiger partial charge >= 0.3 is 0 Å². The molecule has 2 aromatic carbocycles. The van der Waals surface area contributed by atoms with E-state index in [1.807, 2.05) is 36.4 Å². The predicted octanol–water partition coefficient (Wildman–Crippen LogP) is 3.09. The molecule has 0 radical (unpaired) electrons. The van der Waals surface area contributed by atoms with E-state index < -0.39 is 5.91 Å². The first kappa shape index (κ1) is 17.2. The number of anilines is 2. The average Bonchev–Trinajstić information content (AvgIpc) is 3.06. The number of benzene rings is 2. The largest absolute Gasteiger partial charge is 0.495 e. The summed E-state index contributed by atoms with van der Waals surface area (Å²) in [5, 5.41) is 9.73. The summed E-state index contributed by atoms with van der Waals surface area (Å²) in [7, 11) is 1.53. The molecule has 0 aliphatic rings. The highest BCUT2D eigenvalue weighted by atomic mass is 16.5. The molecule has 0 saturated carbocycles. The minimum Gasteiger partial charge on any atom is -0.495 e. The number of hydrogen-bond donors (Lipinski definition) is 2. The Balaban J connectivity index is 1.97. The Kier molecular flexibility index (Phi) is 4.98. The maximum atomic E-state index is 12.8. The van der Waals surface area contributed by atoms with Gasteiger partial charge in [0.15, 0.2) is 0 Å². The number of rotatable bonds is 5. The number of carbonyl (C=O) groups excluding carboxylic acids is 2. The van der Waals surface area contributed by atoms with E-state index in [1.54, 1.807) is 18.2 Å². The molecule has 7 nitrogen and oxygen atoms in total. The van der Waals surface area contributed by atoms with Crippen molar-refractivity contribution in [3.63, 3.8) is 0 Å². The van der Waals surface area contributed by atoms with Gasteiger partial charge in [-0.15, -0.1) is 0 Å². The van der Waals surface area contributed by atoms with Crippen LogP contribution in [-0.2, 0) is 4.79 Å². The zero-order valence-corrected chi connectivity index (χ0v) is 14.4. The Bertz CT molecular complexity index is 935. The van der Waals surface area contributed by atoms with Crippen LogP contribution in [0, 0.1) is 0 Å². The molecule has 0 spiro atoms. The zero-order valence-electron chi connectivity index (χ0n) is 14.4. The van der Waals surface area contributed by atoms with Gasteiger partial charge < -0.3 is 15.4 Å². The lowest BCUT2D eigenvalue weighted by Gasteiger charge is -2.12. The smallest absolute Gasteiger partial charge is 0.261 e. The standard InChI is InChI=1S/C19H18N4O3/c1-13(24)21-18-15(12-20-23(18)14-8-4-3-5-9-14)19(25)22-16-10-6-7-11-17(16)26-2/h3-12H,1-2H3,(H,21,24)(H,22,25). The van der Waals surface area contributed by atoms with Gasteiger partial charge in [-0.05, 0) is 24.3 Å². The maximum absolute atomic E-state index is 12.8. The van der Waals surface area contributed by atoms with E-state index in [2.05, 4.69) is 15.7 Å². The summed E-state index contributed by atoms with van der Waals surface area (Å²) in [5.74, 6) is 0.142. The van der Waals surface area contributed by atoms with Gasteiger partial charge in [0, 0.05) is 6.92 Å². The van der Waals surface area contributed by atoms with Gasteiger partial charge in [-0.2, -0.15) is 5.10 Å². The van der Waals surface area contributed by atoms with Crippen molar-refractivity contribution < 1.29 is 14.3 Å². The molecule has 0 aliphatic heterocycles. The van der Waals surface area contributed by atoms with Gasteiger partial charge in [0.1, 0.15) is 17.1 Å². The fourth-order valence-corrected chi connectivity index (χ4v) is 2.50. The molecule has 0 unspecified atom stereocenters. The summed E-state index contributed by atoms with van der Waals surface area (Å²) < 4.78 is 6.76. The molecular formula is C19H18N4O3. The van der Waals surface area contributed by atoms with E-state index in [4.69, 9.17) is 4.74 Å². The van der Waals surface area contributed by atoms with Crippen molar-refractivity contribution in [2.45, 2.75) is 6.92 Å². The molecule has 0 fully saturated rings. The minimum atomic E-state index is -0.402. The minimum absolute atomic E-state index is 0.245. The summed E-state index contributed by atoms with van der Waals surface area (Å²) >= 11 is 0. The van der Waals surface area contributed by atoms with E-state index in [0.29, 0.717) is 17.3 Å². The second-order valence-electron chi connectivity index (χ2n) is 5.49. The van der Waals surface area contributed by atoms with E-state index in [9.17, 15) is 9.59 Å². The van der Waals surface area contributed by atoms with Crippen molar-refractivity contribution in [2.75, 3.05) is 17.7 Å². The van der Waals surface area contributed by atoms with Crippen molar-refractivity contribution >= 4 is 23.3 Å². The fraction of sp³-hybridized carbons (Fsp3) is 0.105. The normalized spacial score (nSPS) is 10.2. The summed E-state index contributed by atoms with van der Waals surface area (Å²) in [6.45, 7) is 1.38. The van der Waals surface area contributed by atoms with Crippen LogP contribution in [0.25, 0.3) is 5.69 Å². The number of carbonyl (C=O) groups is 2.